The summed E-state index contributed by atoms with van der Waals surface area (Å²) >= 11 is 1.60. The van der Waals surface area contributed by atoms with E-state index in [-0.39, 0.29) is 11.4 Å². The van der Waals surface area contributed by atoms with E-state index in [2.05, 4.69) is 5.32 Å². The first-order valence-corrected chi connectivity index (χ1v) is 6.66. The molecule has 0 aromatic heterocycles. The highest BCUT2D eigenvalue weighted by atomic mass is 32.2. The average Bonchev–Trinajstić information content (AvgIpc) is 2.17. The van der Waals surface area contributed by atoms with Crippen LogP contribution in [0, 0.1) is 0 Å². The Hall–Kier alpha value is -0.260. The van der Waals surface area contributed by atoms with E-state index in [1.165, 1.54) is 0 Å². The Bertz CT molecular complexity index is 223. The van der Waals surface area contributed by atoms with E-state index in [4.69, 9.17) is 5.11 Å². The summed E-state index contributed by atoms with van der Waals surface area (Å²) in [5.74, 6) is -0.0957. The Morgan fingerprint density at radius 3 is 2.44 bits per heavy atom. The van der Waals surface area contributed by atoms with Crippen LogP contribution in [-0.4, -0.2) is 45.4 Å². The number of aliphatic hydroxyl groups is 1. The number of carbonyl (C=O) groups is 1. The molecule has 0 fully saturated rings. The first kappa shape index (κ1) is 15.7. The third kappa shape index (κ3) is 5.18. The van der Waals surface area contributed by atoms with Crippen molar-refractivity contribution >= 4 is 17.7 Å². The first-order valence-electron chi connectivity index (χ1n) is 5.61. The molecule has 5 heteroatoms. The molecule has 4 nitrogen and oxygen atoms in total. The summed E-state index contributed by atoms with van der Waals surface area (Å²) < 4.78 is 0. The zero-order valence-corrected chi connectivity index (χ0v) is 11.3. The molecule has 0 aromatic carbocycles. The quantitative estimate of drug-likeness (QED) is 0.605. The lowest BCUT2D eigenvalue weighted by Crippen LogP contribution is -2.49. The summed E-state index contributed by atoms with van der Waals surface area (Å²) in [5.41, 5.74) is -0.861. The van der Waals surface area contributed by atoms with Crippen LogP contribution >= 0.6 is 11.8 Å². The van der Waals surface area contributed by atoms with E-state index in [0.717, 1.165) is 5.75 Å². The van der Waals surface area contributed by atoms with Crippen molar-refractivity contribution in [1.82, 2.24) is 5.32 Å². The normalized spacial score (nSPS) is 18.8. The van der Waals surface area contributed by atoms with Gasteiger partial charge in [-0.25, -0.2) is 0 Å². The van der Waals surface area contributed by atoms with Crippen molar-refractivity contribution < 1.29 is 15.0 Å². The van der Waals surface area contributed by atoms with E-state index < -0.39 is 11.5 Å². The van der Waals surface area contributed by atoms with Crippen LogP contribution in [0.5, 0.6) is 0 Å². The van der Waals surface area contributed by atoms with Gasteiger partial charge in [0, 0.05) is 5.25 Å². The average molecular weight is 249 g/mol. The van der Waals surface area contributed by atoms with Crippen LogP contribution in [0.25, 0.3) is 0 Å². The second-order valence-electron chi connectivity index (χ2n) is 4.23. The lowest BCUT2D eigenvalue weighted by molar-refractivity contribution is -0.144. The maximum absolute atomic E-state index is 11.1. The molecule has 0 amide bonds. The predicted octanol–water partition coefficient (Wildman–Crippen LogP) is 1.33. The standard InChI is InChI=1S/C11H23NO3S/c1-5-12-11(4,10(14)15)6-7-16-9(3)8(2)13/h8-9,12-13H,5-7H2,1-4H3,(H,14,15). The smallest absolute Gasteiger partial charge is 0.323 e. The monoisotopic (exact) mass is 249 g/mol. The molecule has 3 N–H and O–H groups in total. The van der Waals surface area contributed by atoms with E-state index in [9.17, 15) is 9.90 Å². The van der Waals surface area contributed by atoms with E-state index in [1.807, 2.05) is 13.8 Å². The molecule has 0 saturated heterocycles. The number of nitrogens with one attached hydrogen (secondary N) is 1. The summed E-state index contributed by atoms with van der Waals surface area (Å²) in [6.45, 7) is 7.93. The van der Waals surface area contributed by atoms with Gasteiger partial charge < -0.3 is 15.5 Å². The SMILES string of the molecule is CCNC(C)(CCSC(C)C(C)O)C(=O)O. The number of thioether (sulfide) groups is 1. The first-order chi connectivity index (χ1) is 7.33. The lowest BCUT2D eigenvalue weighted by Gasteiger charge is -2.26. The Balaban J connectivity index is 4.09. The van der Waals surface area contributed by atoms with Gasteiger partial charge >= 0.3 is 5.97 Å². The van der Waals surface area contributed by atoms with Crippen LogP contribution in [0.3, 0.4) is 0 Å². The lowest BCUT2D eigenvalue weighted by atomic mass is 9.99. The zero-order valence-electron chi connectivity index (χ0n) is 10.5. The van der Waals surface area contributed by atoms with Gasteiger partial charge in [-0.05, 0) is 32.6 Å². The summed E-state index contributed by atoms with van der Waals surface area (Å²) in [5, 5.41) is 21.6. The van der Waals surface area contributed by atoms with Crippen molar-refractivity contribution in [3.05, 3.63) is 0 Å². The maximum Gasteiger partial charge on any atom is 0.323 e. The van der Waals surface area contributed by atoms with Gasteiger partial charge in [0.2, 0.25) is 0 Å². The molecule has 0 rings (SSSR count). The van der Waals surface area contributed by atoms with Crippen LogP contribution in [-0.2, 0) is 4.79 Å². The molecule has 0 aliphatic heterocycles. The number of hydrogen-bond donors (Lipinski definition) is 3. The van der Waals surface area contributed by atoms with E-state index in [1.54, 1.807) is 25.6 Å². The molecule has 16 heavy (non-hydrogen) atoms. The number of aliphatic carboxylic acids is 1. The Kier molecular flexibility index (Phi) is 7.03. The molecular weight excluding hydrogens is 226 g/mol. The predicted molar refractivity (Wildman–Crippen MR) is 67.9 cm³/mol. The van der Waals surface area contributed by atoms with Crippen molar-refractivity contribution in [3.8, 4) is 0 Å². The van der Waals surface area contributed by atoms with Gasteiger partial charge in [0.25, 0.3) is 0 Å². The summed E-state index contributed by atoms with van der Waals surface area (Å²) in [4.78, 5) is 11.1. The molecule has 96 valence electrons. The molecule has 0 radical (unpaired) electrons. The zero-order chi connectivity index (χ0) is 12.8. The second-order valence-corrected chi connectivity index (χ2v) is 5.72. The number of rotatable bonds is 8. The molecule has 0 heterocycles. The minimum Gasteiger partial charge on any atom is -0.480 e. The van der Waals surface area contributed by atoms with Gasteiger partial charge in [-0.1, -0.05) is 13.8 Å². The highest BCUT2D eigenvalue weighted by Gasteiger charge is 2.31. The number of aliphatic hydroxyl groups excluding tert-OH is 1. The Labute approximate surface area is 102 Å². The highest BCUT2D eigenvalue weighted by molar-refractivity contribution is 7.99. The fourth-order valence-electron chi connectivity index (χ4n) is 1.25. The molecule has 0 aromatic rings. The fraction of sp³-hybridized carbons (Fsp3) is 0.909. The van der Waals surface area contributed by atoms with Crippen molar-refractivity contribution in [2.45, 2.75) is 51.0 Å². The summed E-state index contributed by atoms with van der Waals surface area (Å²) in [7, 11) is 0. The van der Waals surface area contributed by atoms with Gasteiger partial charge in [-0.15, -0.1) is 0 Å². The summed E-state index contributed by atoms with van der Waals surface area (Å²) in [6.07, 6.45) is 0.193. The molecule has 3 atom stereocenters. The maximum atomic E-state index is 11.1. The topological polar surface area (TPSA) is 69.6 Å². The number of hydrogen-bond acceptors (Lipinski definition) is 4. The molecule has 3 unspecified atom stereocenters. The molecular formula is C11H23NO3S. The van der Waals surface area contributed by atoms with Crippen molar-refractivity contribution in [2.75, 3.05) is 12.3 Å². The molecule has 0 aliphatic carbocycles. The van der Waals surface area contributed by atoms with Gasteiger partial charge in [0.1, 0.15) is 5.54 Å². The van der Waals surface area contributed by atoms with Crippen molar-refractivity contribution in [2.24, 2.45) is 0 Å². The Morgan fingerprint density at radius 1 is 1.50 bits per heavy atom. The number of carboxylic acids is 1. The van der Waals surface area contributed by atoms with Gasteiger partial charge in [-0.2, -0.15) is 11.8 Å². The summed E-state index contributed by atoms with van der Waals surface area (Å²) in [6, 6.07) is 0. The second kappa shape index (κ2) is 7.14. The van der Waals surface area contributed by atoms with Crippen LogP contribution in [0.4, 0.5) is 0 Å². The van der Waals surface area contributed by atoms with Gasteiger partial charge in [-0.3, -0.25) is 4.79 Å². The third-order valence-electron chi connectivity index (χ3n) is 2.70. The molecule has 0 saturated carbocycles. The van der Waals surface area contributed by atoms with Crippen molar-refractivity contribution in [3.63, 3.8) is 0 Å². The minimum absolute atomic E-state index is 0.139. The van der Waals surface area contributed by atoms with Gasteiger partial charge in [0.15, 0.2) is 0 Å². The van der Waals surface area contributed by atoms with Crippen LogP contribution in [0.15, 0.2) is 0 Å². The number of carboxylic acid groups (broad SMARTS) is 1. The van der Waals surface area contributed by atoms with Crippen LogP contribution < -0.4 is 5.32 Å². The Morgan fingerprint density at radius 2 is 2.06 bits per heavy atom. The van der Waals surface area contributed by atoms with Crippen LogP contribution in [0.1, 0.15) is 34.1 Å². The van der Waals surface area contributed by atoms with Crippen molar-refractivity contribution in [1.29, 1.82) is 0 Å². The van der Waals surface area contributed by atoms with E-state index in [0.29, 0.717) is 13.0 Å². The number of likely N-dealkylation sites (N-methyl/N-ethyl adjacent to an activating group) is 1. The van der Waals surface area contributed by atoms with Crippen LogP contribution in [0.2, 0.25) is 0 Å². The molecule has 0 aliphatic rings. The fourth-order valence-corrected chi connectivity index (χ4v) is 2.43. The largest absolute Gasteiger partial charge is 0.480 e. The van der Waals surface area contributed by atoms with Gasteiger partial charge in [0.05, 0.1) is 6.10 Å². The highest BCUT2D eigenvalue weighted by Crippen LogP contribution is 2.20. The molecule has 0 spiro atoms. The molecule has 0 bridgehead atoms. The minimum atomic E-state index is -0.861. The third-order valence-corrected chi connectivity index (χ3v) is 4.06. The van der Waals surface area contributed by atoms with E-state index >= 15 is 0 Å².